The Morgan fingerprint density at radius 2 is 0.940 bits per heavy atom. The van der Waals surface area contributed by atoms with Crippen LogP contribution >= 0.6 is 7.37 Å². The summed E-state index contributed by atoms with van der Waals surface area (Å²) in [6.07, 6.45) is 0.0988. The van der Waals surface area contributed by atoms with Crippen molar-refractivity contribution in [3.05, 3.63) is 11.6 Å². The van der Waals surface area contributed by atoms with Gasteiger partial charge in [0.15, 0.2) is 17.3 Å². The normalized spacial score (nSPS) is 20.2. The van der Waals surface area contributed by atoms with Crippen LogP contribution in [0.2, 0.25) is 0 Å². The van der Waals surface area contributed by atoms with Crippen molar-refractivity contribution in [3.8, 4) is 0 Å². The van der Waals surface area contributed by atoms with E-state index in [4.69, 9.17) is 57.0 Å². The fourth-order valence-corrected chi connectivity index (χ4v) is 10.9. The maximum Gasteiger partial charge on any atom is 0.411 e. The highest BCUT2D eigenvalue weighted by Gasteiger charge is 2.62. The summed E-state index contributed by atoms with van der Waals surface area (Å²) < 4.78 is 76.9. The van der Waals surface area contributed by atoms with E-state index in [9.17, 15) is 67.2 Å². The minimum atomic E-state index is -2.75. The molecular weight excluding hydrogens is 1340 g/mol. The molecule has 0 saturated carbocycles. The second-order valence-corrected chi connectivity index (χ2v) is 32.1. The van der Waals surface area contributed by atoms with E-state index < -0.39 is 89.2 Å². The minimum Gasteiger partial charge on any atom is -0.467 e. The number of amides is 5. The molecule has 34 heteroatoms. The largest absolute Gasteiger partial charge is 0.467 e. The molecular formula is C66H110N5O28P. The third-order valence-corrected chi connectivity index (χ3v) is 15.5. The van der Waals surface area contributed by atoms with Crippen LogP contribution in [0.3, 0.4) is 0 Å². The van der Waals surface area contributed by atoms with Crippen molar-refractivity contribution in [1.29, 1.82) is 0 Å². The lowest BCUT2D eigenvalue weighted by molar-refractivity contribution is -0.169. The van der Waals surface area contributed by atoms with E-state index in [1.165, 1.54) is 34.6 Å². The molecule has 2 N–H and O–H groups in total. The number of aliphatic hydroxyl groups is 2. The van der Waals surface area contributed by atoms with Gasteiger partial charge >= 0.3 is 54.3 Å². The first-order chi connectivity index (χ1) is 45.8. The number of aliphatic hydroxyl groups excluding tert-OH is 2. The van der Waals surface area contributed by atoms with Gasteiger partial charge in [-0.05, 0) is 137 Å². The SMILES string of the molecule is CC(C)(C)OC(=O)N1CC(=O)C1.CC(C)(C)OC(=O)N1CC2(CC(=O)CO2)C1.CC(C)(C)OC(=O)N1CC2(CC(O)CO2)C1.CCOC(=O)C1C(=O)COC12CN(C(=O)OC(C)(C)C)C2.CCOC(=O)C=C1CN(C(=O)OC(C)(C)C)C1.CCOC(=O)CP(C)(=O)OCC.COC(=O)CO. The number of nitrogens with zero attached hydrogens (tertiary/aromatic N) is 5. The summed E-state index contributed by atoms with van der Waals surface area (Å²) in [5.74, 6) is -3.04. The van der Waals surface area contributed by atoms with Crippen LogP contribution < -0.4 is 0 Å². The van der Waals surface area contributed by atoms with Crippen molar-refractivity contribution in [3.63, 3.8) is 0 Å². The van der Waals surface area contributed by atoms with Crippen molar-refractivity contribution in [2.75, 3.05) is 138 Å². The summed E-state index contributed by atoms with van der Waals surface area (Å²) in [6, 6.07) is 0. The van der Waals surface area contributed by atoms with Gasteiger partial charge in [0.1, 0.15) is 76.7 Å². The van der Waals surface area contributed by atoms with Crippen molar-refractivity contribution >= 4 is 79.1 Å². The molecule has 3 atom stereocenters. The van der Waals surface area contributed by atoms with Gasteiger partial charge in [0.25, 0.3) is 0 Å². The molecule has 100 heavy (non-hydrogen) atoms. The molecule has 0 radical (unpaired) electrons. The Hall–Kier alpha value is -7.03. The third-order valence-electron chi connectivity index (χ3n) is 13.8. The third kappa shape index (κ3) is 31.9. The lowest BCUT2D eigenvalue weighted by Crippen LogP contribution is -2.68. The fourth-order valence-electron chi connectivity index (χ4n) is 9.73. The van der Waals surface area contributed by atoms with Crippen LogP contribution in [0.15, 0.2) is 11.6 Å². The number of Topliss-reactive ketones (excluding diaryl/α,β-unsaturated/α-hetero) is 3. The Labute approximate surface area is 586 Å². The highest BCUT2D eigenvalue weighted by molar-refractivity contribution is 7.59. The average molecular weight is 1450 g/mol. The number of rotatable bonds is 10. The zero-order valence-corrected chi connectivity index (χ0v) is 63.2. The molecule has 3 spiro atoms. The van der Waals surface area contributed by atoms with Crippen molar-refractivity contribution in [2.45, 2.75) is 195 Å². The molecule has 0 bridgehead atoms. The molecule has 8 aliphatic heterocycles. The van der Waals surface area contributed by atoms with E-state index in [0.717, 1.165) is 5.57 Å². The van der Waals surface area contributed by atoms with Gasteiger partial charge in [-0.25, -0.2) is 33.6 Å². The molecule has 8 aliphatic rings. The number of carbonyl (C=O) groups is 12. The van der Waals surface area contributed by atoms with Crippen LogP contribution in [-0.4, -0.2) is 296 Å². The molecule has 3 unspecified atom stereocenters. The minimum absolute atomic E-state index is 0.0841. The van der Waals surface area contributed by atoms with Gasteiger partial charge in [-0.1, -0.05) is 0 Å². The summed E-state index contributed by atoms with van der Waals surface area (Å²) in [6.45, 7) is 40.2. The standard InChI is InChI=1S/C14H21NO6.C12H19NO4.C11H19NO4.C11H17NO4.C8H13NO3.C7H15O4P.C3H6O3/c1-5-19-11(17)10-9(16)6-20-14(10)7-15(8-14)12(18)21-13(2,3)4;1-5-16-10(14)6-9-7-13(8-9)11(15)17-12(2,3)4;2*1-10(2,3)16-9(14)12-6-11(7-12)4-8(13)5-15-11;1-8(2,3)12-7(11)9-4-6(10)5-9;1-4-10-7(8)6-12(3,9)11-5-2;1-6-3(5)2-4/h10H,5-8H2,1-4H3;6H,5,7-8H2,1-4H3;8,13H,4-7H2,1-3H3;4-7H2,1-3H3;4-5H2,1-3H3;4-6H2,1-3H3;4H,2H2,1H3. The second-order valence-electron chi connectivity index (χ2n) is 29.4. The van der Waals surface area contributed by atoms with Gasteiger partial charge in [0.05, 0.1) is 98.6 Å². The van der Waals surface area contributed by atoms with Crippen LogP contribution in [0.1, 0.15) is 144 Å². The number of esters is 4. The first-order valence-electron chi connectivity index (χ1n) is 32.9. The number of hydrogen-bond acceptors (Lipinski definition) is 28. The predicted molar refractivity (Wildman–Crippen MR) is 356 cm³/mol. The van der Waals surface area contributed by atoms with Gasteiger partial charge in [0.2, 0.25) is 7.37 Å². The molecule has 0 aliphatic carbocycles. The predicted octanol–water partition coefficient (Wildman–Crippen LogP) is 5.66. The lowest BCUT2D eigenvalue weighted by atomic mass is 9.80. The molecule has 8 fully saturated rings. The van der Waals surface area contributed by atoms with Gasteiger partial charge in [-0.3, -0.25) is 33.4 Å². The summed E-state index contributed by atoms with van der Waals surface area (Å²) in [5, 5.41) is 17.2. The zero-order chi connectivity index (χ0) is 76.8. The molecule has 5 amide bonds. The number of ether oxygens (including phenoxy) is 12. The molecule has 0 aromatic carbocycles. The van der Waals surface area contributed by atoms with E-state index in [2.05, 4.69) is 9.47 Å². The number of methoxy groups -OCH3 is 1. The second kappa shape index (κ2) is 37.8. The van der Waals surface area contributed by atoms with Crippen LogP contribution in [0.4, 0.5) is 24.0 Å². The molecule has 0 aromatic rings. The summed E-state index contributed by atoms with van der Waals surface area (Å²) in [7, 11) is -1.53. The highest BCUT2D eigenvalue weighted by Crippen LogP contribution is 2.43. The highest BCUT2D eigenvalue weighted by atomic mass is 31.2. The molecule has 572 valence electrons. The van der Waals surface area contributed by atoms with E-state index in [1.807, 2.05) is 62.3 Å². The Morgan fingerprint density at radius 3 is 1.28 bits per heavy atom. The Morgan fingerprint density at radius 1 is 0.530 bits per heavy atom. The molecule has 8 rings (SSSR count). The monoisotopic (exact) mass is 1450 g/mol. The van der Waals surface area contributed by atoms with E-state index in [1.54, 1.807) is 79.0 Å². The van der Waals surface area contributed by atoms with Crippen molar-refractivity contribution in [2.24, 2.45) is 5.92 Å². The number of likely N-dealkylation sites (tertiary alicyclic amines) is 5. The maximum absolute atomic E-state index is 11.9. The summed E-state index contributed by atoms with van der Waals surface area (Å²) in [4.78, 5) is 142. The maximum atomic E-state index is 11.9. The average Bonchev–Trinajstić information content (AvgIpc) is 1.55. The van der Waals surface area contributed by atoms with E-state index >= 15 is 0 Å². The van der Waals surface area contributed by atoms with Gasteiger partial charge in [-0.15, -0.1) is 0 Å². The van der Waals surface area contributed by atoms with Crippen molar-refractivity contribution < 1.29 is 134 Å². The molecule has 0 aromatic heterocycles. The topological polar surface area (TPSA) is 399 Å². The molecule has 33 nitrogen and oxygen atoms in total. The Bertz CT molecular complexity index is 2900. The number of ketones is 3. The van der Waals surface area contributed by atoms with Crippen LogP contribution in [0, 0.1) is 5.92 Å². The smallest absolute Gasteiger partial charge is 0.411 e. The first kappa shape index (κ1) is 89.1. The van der Waals surface area contributed by atoms with Gasteiger partial charge in [-0.2, -0.15) is 0 Å². The summed E-state index contributed by atoms with van der Waals surface area (Å²) in [5.41, 5.74) is -3.28. The van der Waals surface area contributed by atoms with Crippen LogP contribution in [0.5, 0.6) is 0 Å². The van der Waals surface area contributed by atoms with Crippen LogP contribution in [-0.2, 0) is 99.5 Å². The fraction of sp³-hybridized carbons (Fsp3) is 0.788. The summed E-state index contributed by atoms with van der Waals surface area (Å²) >= 11 is 0. The molecule has 8 heterocycles. The number of hydrogen-bond donors (Lipinski definition) is 2. The Kier molecular flexibility index (Phi) is 33.6. The molecule has 8 saturated heterocycles. The lowest BCUT2D eigenvalue weighted by Gasteiger charge is -2.48. The van der Waals surface area contributed by atoms with Crippen LogP contribution in [0.25, 0.3) is 0 Å². The quantitative estimate of drug-likeness (QED) is 0.0876. The zero-order valence-electron chi connectivity index (χ0n) is 62.3. The Balaban J connectivity index is 0.000000405. The van der Waals surface area contributed by atoms with Gasteiger partial charge < -0.3 is 91.2 Å². The van der Waals surface area contributed by atoms with E-state index in [0.29, 0.717) is 78.5 Å². The first-order valence-corrected chi connectivity index (χ1v) is 35.2. The van der Waals surface area contributed by atoms with E-state index in [-0.39, 0.29) is 105 Å². The van der Waals surface area contributed by atoms with Crippen molar-refractivity contribution in [1.82, 2.24) is 24.5 Å². The van der Waals surface area contributed by atoms with Gasteiger partial charge in [0, 0.05) is 38.7 Å². The number of carbonyl (C=O) groups excluding carboxylic acids is 12.